The van der Waals surface area contributed by atoms with Gasteiger partial charge in [0.1, 0.15) is 6.79 Å². The topological polar surface area (TPSA) is 18.5 Å². The molecule has 0 N–H and O–H groups in total. The van der Waals surface area contributed by atoms with Gasteiger partial charge in [-0.25, -0.2) is 0 Å². The summed E-state index contributed by atoms with van der Waals surface area (Å²) in [6.45, 7) is 6.96. The van der Waals surface area contributed by atoms with E-state index in [1.807, 2.05) is 0 Å². The number of ether oxygens (including phenoxy) is 2. The Morgan fingerprint density at radius 3 is 2.50 bits per heavy atom. The van der Waals surface area contributed by atoms with Gasteiger partial charge in [-0.1, -0.05) is 20.8 Å². The molecule has 0 aliphatic carbocycles. The Labute approximate surface area is 62.5 Å². The van der Waals surface area contributed by atoms with Gasteiger partial charge in [-0.2, -0.15) is 0 Å². The van der Waals surface area contributed by atoms with E-state index in [1.165, 1.54) is 0 Å². The normalized spacial score (nSPS) is 33.6. The van der Waals surface area contributed by atoms with Crippen LogP contribution in [0, 0.1) is 5.92 Å². The molecule has 1 heterocycles. The highest BCUT2D eigenvalue weighted by Gasteiger charge is 2.29. The molecule has 60 valence electrons. The van der Waals surface area contributed by atoms with Gasteiger partial charge >= 0.3 is 0 Å². The first-order valence-electron chi connectivity index (χ1n) is 3.99. The second kappa shape index (κ2) is 3.35. The molecule has 0 bridgehead atoms. The SMILES string of the molecule is CCC1OCOC1C(C)C. The van der Waals surface area contributed by atoms with Crippen LogP contribution < -0.4 is 0 Å². The van der Waals surface area contributed by atoms with Crippen molar-refractivity contribution in [2.75, 3.05) is 6.79 Å². The minimum absolute atomic E-state index is 0.324. The lowest BCUT2D eigenvalue weighted by molar-refractivity contribution is 0.0307. The molecular weight excluding hydrogens is 128 g/mol. The van der Waals surface area contributed by atoms with Gasteiger partial charge in [0.05, 0.1) is 12.2 Å². The van der Waals surface area contributed by atoms with Crippen LogP contribution in [0.3, 0.4) is 0 Å². The second-order valence-electron chi connectivity index (χ2n) is 3.11. The molecule has 0 radical (unpaired) electrons. The molecule has 0 spiro atoms. The Morgan fingerprint density at radius 2 is 2.10 bits per heavy atom. The highest BCUT2D eigenvalue weighted by Crippen LogP contribution is 2.21. The van der Waals surface area contributed by atoms with Crippen LogP contribution in [-0.4, -0.2) is 19.0 Å². The Kier molecular flexibility index (Phi) is 2.69. The van der Waals surface area contributed by atoms with Crippen molar-refractivity contribution >= 4 is 0 Å². The zero-order valence-corrected chi connectivity index (χ0v) is 6.96. The van der Waals surface area contributed by atoms with Gasteiger partial charge < -0.3 is 9.47 Å². The van der Waals surface area contributed by atoms with E-state index in [2.05, 4.69) is 20.8 Å². The molecule has 0 aromatic heterocycles. The van der Waals surface area contributed by atoms with Crippen molar-refractivity contribution in [1.82, 2.24) is 0 Å². The average Bonchev–Trinajstić information content (AvgIpc) is 2.33. The molecule has 0 aromatic rings. The van der Waals surface area contributed by atoms with Crippen LogP contribution in [0.25, 0.3) is 0 Å². The lowest BCUT2D eigenvalue weighted by atomic mass is 10.0. The third-order valence-electron chi connectivity index (χ3n) is 1.97. The third-order valence-corrected chi connectivity index (χ3v) is 1.97. The molecule has 2 heteroatoms. The summed E-state index contributed by atoms with van der Waals surface area (Å²) in [5.41, 5.74) is 0. The van der Waals surface area contributed by atoms with Gasteiger partial charge in [0.25, 0.3) is 0 Å². The molecule has 2 atom stereocenters. The molecule has 1 aliphatic heterocycles. The standard InChI is InChI=1S/C8H16O2/c1-4-7-8(6(2)3)10-5-9-7/h6-8H,4-5H2,1-3H3. The maximum atomic E-state index is 5.40. The summed E-state index contributed by atoms with van der Waals surface area (Å²) >= 11 is 0. The number of hydrogen-bond acceptors (Lipinski definition) is 2. The summed E-state index contributed by atoms with van der Waals surface area (Å²) in [4.78, 5) is 0. The van der Waals surface area contributed by atoms with Crippen molar-refractivity contribution in [1.29, 1.82) is 0 Å². The zero-order chi connectivity index (χ0) is 7.56. The van der Waals surface area contributed by atoms with Gasteiger partial charge in [0.2, 0.25) is 0 Å². The molecule has 1 aliphatic rings. The zero-order valence-electron chi connectivity index (χ0n) is 6.96. The lowest BCUT2D eigenvalue weighted by Crippen LogP contribution is -2.26. The van der Waals surface area contributed by atoms with Crippen molar-refractivity contribution in [3.8, 4) is 0 Å². The smallest absolute Gasteiger partial charge is 0.147 e. The maximum absolute atomic E-state index is 5.40. The van der Waals surface area contributed by atoms with E-state index in [1.54, 1.807) is 0 Å². The van der Waals surface area contributed by atoms with Crippen LogP contribution in [0.15, 0.2) is 0 Å². The lowest BCUT2D eigenvalue weighted by Gasteiger charge is -2.18. The molecule has 2 unspecified atom stereocenters. The molecule has 0 amide bonds. The summed E-state index contributed by atoms with van der Waals surface area (Å²) in [7, 11) is 0. The summed E-state index contributed by atoms with van der Waals surface area (Å²) in [6.07, 6.45) is 1.72. The summed E-state index contributed by atoms with van der Waals surface area (Å²) in [5, 5.41) is 0. The molecular formula is C8H16O2. The maximum Gasteiger partial charge on any atom is 0.147 e. The van der Waals surface area contributed by atoms with E-state index in [0.717, 1.165) is 6.42 Å². The van der Waals surface area contributed by atoms with Crippen LogP contribution in [0.5, 0.6) is 0 Å². The predicted molar refractivity (Wildman–Crippen MR) is 39.7 cm³/mol. The minimum atomic E-state index is 0.324. The van der Waals surface area contributed by atoms with Gasteiger partial charge in [-0.3, -0.25) is 0 Å². The average molecular weight is 144 g/mol. The largest absolute Gasteiger partial charge is 0.349 e. The van der Waals surface area contributed by atoms with Gasteiger partial charge in [0.15, 0.2) is 0 Å². The quantitative estimate of drug-likeness (QED) is 0.588. The van der Waals surface area contributed by atoms with E-state index >= 15 is 0 Å². The van der Waals surface area contributed by atoms with E-state index < -0.39 is 0 Å². The highest BCUT2D eigenvalue weighted by molar-refractivity contribution is 4.75. The minimum Gasteiger partial charge on any atom is -0.349 e. The second-order valence-corrected chi connectivity index (χ2v) is 3.11. The molecule has 2 nitrogen and oxygen atoms in total. The fraction of sp³-hybridized carbons (Fsp3) is 1.00. The fourth-order valence-electron chi connectivity index (χ4n) is 1.38. The number of rotatable bonds is 2. The molecule has 0 saturated carbocycles. The predicted octanol–water partition coefficient (Wildman–Crippen LogP) is 1.79. The van der Waals surface area contributed by atoms with Crippen LogP contribution in [-0.2, 0) is 9.47 Å². The molecule has 1 fully saturated rings. The van der Waals surface area contributed by atoms with Crippen LogP contribution in [0.4, 0.5) is 0 Å². The van der Waals surface area contributed by atoms with Crippen molar-refractivity contribution in [3.05, 3.63) is 0 Å². The van der Waals surface area contributed by atoms with E-state index in [4.69, 9.17) is 9.47 Å². The van der Waals surface area contributed by atoms with Crippen molar-refractivity contribution < 1.29 is 9.47 Å². The molecule has 10 heavy (non-hydrogen) atoms. The first-order chi connectivity index (χ1) is 4.75. The van der Waals surface area contributed by atoms with E-state index in [-0.39, 0.29) is 0 Å². The van der Waals surface area contributed by atoms with Gasteiger partial charge in [-0.05, 0) is 12.3 Å². The van der Waals surface area contributed by atoms with Gasteiger partial charge in [0, 0.05) is 0 Å². The summed E-state index contributed by atoms with van der Waals surface area (Å²) in [5.74, 6) is 0.576. The van der Waals surface area contributed by atoms with Crippen LogP contribution in [0.2, 0.25) is 0 Å². The molecule has 1 rings (SSSR count). The first-order valence-corrected chi connectivity index (χ1v) is 3.99. The highest BCUT2D eigenvalue weighted by atomic mass is 16.7. The Morgan fingerprint density at radius 1 is 1.40 bits per heavy atom. The summed E-state index contributed by atoms with van der Waals surface area (Å²) in [6, 6.07) is 0. The van der Waals surface area contributed by atoms with Gasteiger partial charge in [-0.15, -0.1) is 0 Å². The third kappa shape index (κ3) is 1.50. The van der Waals surface area contributed by atoms with Crippen LogP contribution >= 0.6 is 0 Å². The Balaban J connectivity index is 2.42. The number of hydrogen-bond donors (Lipinski definition) is 0. The van der Waals surface area contributed by atoms with Crippen molar-refractivity contribution in [2.24, 2.45) is 5.92 Å². The first kappa shape index (κ1) is 8.02. The molecule has 1 saturated heterocycles. The molecule has 0 aromatic carbocycles. The fourth-order valence-corrected chi connectivity index (χ4v) is 1.38. The van der Waals surface area contributed by atoms with Crippen LogP contribution in [0.1, 0.15) is 27.2 Å². The van der Waals surface area contributed by atoms with E-state index in [0.29, 0.717) is 24.9 Å². The van der Waals surface area contributed by atoms with E-state index in [9.17, 15) is 0 Å². The Hall–Kier alpha value is -0.0800. The Bertz CT molecular complexity index is 101. The summed E-state index contributed by atoms with van der Waals surface area (Å²) < 4.78 is 10.7. The van der Waals surface area contributed by atoms with Crippen molar-refractivity contribution in [2.45, 2.75) is 39.4 Å². The monoisotopic (exact) mass is 144 g/mol. The van der Waals surface area contributed by atoms with Crippen molar-refractivity contribution in [3.63, 3.8) is 0 Å².